The maximum atomic E-state index is 12.4. The second kappa shape index (κ2) is 8.93. The van der Waals surface area contributed by atoms with E-state index < -0.39 is 23.3 Å². The Bertz CT molecular complexity index is 796. The van der Waals surface area contributed by atoms with E-state index in [0.717, 1.165) is 5.56 Å². The van der Waals surface area contributed by atoms with Gasteiger partial charge in [-0.3, -0.25) is 4.79 Å². The topological polar surface area (TPSA) is 119 Å². The predicted molar refractivity (Wildman–Crippen MR) is 108 cm³/mol. The van der Waals surface area contributed by atoms with Crippen LogP contribution in [-0.4, -0.2) is 43.5 Å². The number of alkyl carbamates (subject to hydrolysis) is 1. The number of rotatable bonds is 5. The number of hydrogen-bond acceptors (Lipinski definition) is 7. The summed E-state index contributed by atoms with van der Waals surface area (Å²) < 4.78 is 5.29. The first-order valence-corrected chi connectivity index (χ1v) is 9.36. The van der Waals surface area contributed by atoms with Gasteiger partial charge in [-0.2, -0.15) is 0 Å². The third kappa shape index (κ3) is 7.81. The Labute approximate surface area is 170 Å². The number of nitrogens with one attached hydrogen (secondary N) is 2. The summed E-state index contributed by atoms with van der Waals surface area (Å²) in [4.78, 5) is 24.6. The number of nitrogens with zero attached hydrogens (tertiary/aromatic N) is 4. The van der Waals surface area contributed by atoms with E-state index in [1.807, 2.05) is 51.1 Å². The summed E-state index contributed by atoms with van der Waals surface area (Å²) >= 11 is 0. The molecule has 0 saturated carbocycles. The van der Waals surface area contributed by atoms with Crippen LogP contribution in [-0.2, 0) is 9.53 Å². The molecule has 156 valence electrons. The van der Waals surface area contributed by atoms with E-state index in [-0.39, 0.29) is 18.2 Å². The molecule has 1 heterocycles. The molecule has 0 fully saturated rings. The summed E-state index contributed by atoms with van der Waals surface area (Å²) in [5.41, 5.74) is -0.333. The van der Waals surface area contributed by atoms with Gasteiger partial charge >= 0.3 is 6.09 Å². The van der Waals surface area contributed by atoms with Gasteiger partial charge in [0.15, 0.2) is 5.82 Å². The summed E-state index contributed by atoms with van der Waals surface area (Å²) in [5.74, 6) is 0.207. The standard InChI is InChI=1S/C20H28N6O3/c1-19(2,3)22-15(27)12-14(21-18(28)29-20(4,5)6)17-25-23-16(24-26-17)13-10-8-7-9-11-13/h7-11,14H,12H2,1-6H3,(H,21,28)(H,22,27). The fourth-order valence-electron chi connectivity index (χ4n) is 2.39. The van der Waals surface area contributed by atoms with Crippen molar-refractivity contribution in [2.24, 2.45) is 0 Å². The lowest BCUT2D eigenvalue weighted by molar-refractivity contribution is -0.123. The highest BCUT2D eigenvalue weighted by Crippen LogP contribution is 2.17. The van der Waals surface area contributed by atoms with Crippen LogP contribution in [0.15, 0.2) is 30.3 Å². The molecule has 1 atom stereocenters. The zero-order chi connectivity index (χ0) is 21.7. The quantitative estimate of drug-likeness (QED) is 0.792. The fourth-order valence-corrected chi connectivity index (χ4v) is 2.39. The fraction of sp³-hybridized carbons (Fsp3) is 0.500. The normalized spacial score (nSPS) is 12.8. The van der Waals surface area contributed by atoms with Gasteiger partial charge in [0.1, 0.15) is 11.6 Å². The number of amides is 2. The smallest absolute Gasteiger partial charge is 0.408 e. The third-order valence-corrected chi connectivity index (χ3v) is 3.43. The second-order valence-corrected chi connectivity index (χ2v) is 8.65. The van der Waals surface area contributed by atoms with Crippen LogP contribution in [0, 0.1) is 0 Å². The predicted octanol–water partition coefficient (Wildman–Crippen LogP) is 2.80. The maximum Gasteiger partial charge on any atom is 0.408 e. The maximum absolute atomic E-state index is 12.4. The summed E-state index contributed by atoms with van der Waals surface area (Å²) in [6, 6.07) is 8.44. The second-order valence-electron chi connectivity index (χ2n) is 8.65. The van der Waals surface area contributed by atoms with Crippen LogP contribution in [0.1, 0.15) is 59.8 Å². The molecule has 29 heavy (non-hydrogen) atoms. The lowest BCUT2D eigenvalue weighted by atomic mass is 10.1. The van der Waals surface area contributed by atoms with Crippen LogP contribution in [0.4, 0.5) is 4.79 Å². The van der Waals surface area contributed by atoms with Gasteiger partial charge < -0.3 is 15.4 Å². The molecular formula is C20H28N6O3. The summed E-state index contributed by atoms with van der Waals surface area (Å²) in [6.07, 6.45) is -0.758. The van der Waals surface area contributed by atoms with Crippen molar-refractivity contribution < 1.29 is 14.3 Å². The first kappa shape index (κ1) is 22.2. The number of aromatic nitrogens is 4. The molecule has 0 aliphatic heterocycles. The number of hydrogen-bond donors (Lipinski definition) is 2. The third-order valence-electron chi connectivity index (χ3n) is 3.43. The average molecular weight is 400 g/mol. The van der Waals surface area contributed by atoms with Crippen LogP contribution in [0.5, 0.6) is 0 Å². The Morgan fingerprint density at radius 1 is 0.966 bits per heavy atom. The van der Waals surface area contributed by atoms with Gasteiger partial charge in [0.05, 0.1) is 6.42 Å². The molecule has 2 N–H and O–H groups in total. The highest BCUT2D eigenvalue weighted by molar-refractivity contribution is 5.78. The Kier molecular flexibility index (Phi) is 6.84. The molecular weight excluding hydrogens is 372 g/mol. The highest BCUT2D eigenvalue weighted by Gasteiger charge is 2.26. The van der Waals surface area contributed by atoms with E-state index in [1.54, 1.807) is 20.8 Å². The van der Waals surface area contributed by atoms with Gasteiger partial charge in [-0.1, -0.05) is 30.3 Å². The van der Waals surface area contributed by atoms with Crippen molar-refractivity contribution in [3.8, 4) is 11.4 Å². The van der Waals surface area contributed by atoms with Crippen LogP contribution in [0.2, 0.25) is 0 Å². The minimum Gasteiger partial charge on any atom is -0.444 e. The minimum absolute atomic E-state index is 0.0788. The van der Waals surface area contributed by atoms with Gasteiger partial charge in [-0.25, -0.2) is 4.79 Å². The molecule has 0 spiro atoms. The van der Waals surface area contributed by atoms with Crippen molar-refractivity contribution in [1.82, 2.24) is 31.0 Å². The SMILES string of the molecule is CC(C)(C)NC(=O)CC(NC(=O)OC(C)(C)C)c1nnc(-c2ccccc2)nn1. The molecule has 0 saturated heterocycles. The van der Waals surface area contributed by atoms with Crippen molar-refractivity contribution in [2.75, 3.05) is 0 Å². The first-order chi connectivity index (χ1) is 13.4. The van der Waals surface area contributed by atoms with Crippen molar-refractivity contribution in [3.05, 3.63) is 36.2 Å². The summed E-state index contributed by atoms with van der Waals surface area (Å²) in [7, 11) is 0. The molecule has 0 aliphatic carbocycles. The number of ether oxygens (including phenoxy) is 1. The molecule has 1 aromatic carbocycles. The minimum atomic E-state index is -0.836. The van der Waals surface area contributed by atoms with E-state index in [1.165, 1.54) is 0 Å². The van der Waals surface area contributed by atoms with Gasteiger partial charge in [0.25, 0.3) is 0 Å². The molecule has 2 rings (SSSR count). The average Bonchev–Trinajstić information content (AvgIpc) is 2.59. The first-order valence-electron chi connectivity index (χ1n) is 9.36. The molecule has 1 aromatic heterocycles. The van der Waals surface area contributed by atoms with Crippen LogP contribution in [0.25, 0.3) is 11.4 Å². The van der Waals surface area contributed by atoms with Gasteiger partial charge in [0.2, 0.25) is 11.7 Å². The molecule has 9 heteroatoms. The Morgan fingerprint density at radius 3 is 2.07 bits per heavy atom. The zero-order valence-electron chi connectivity index (χ0n) is 17.7. The van der Waals surface area contributed by atoms with Crippen LogP contribution in [0.3, 0.4) is 0 Å². The monoisotopic (exact) mass is 400 g/mol. The van der Waals surface area contributed by atoms with E-state index in [0.29, 0.717) is 5.82 Å². The number of carbonyl (C=O) groups is 2. The molecule has 2 amide bonds. The summed E-state index contributed by atoms with van der Waals surface area (Å²) in [5, 5.41) is 21.8. The van der Waals surface area contributed by atoms with Gasteiger partial charge in [-0.05, 0) is 41.5 Å². The Hall–Kier alpha value is -3.10. The van der Waals surface area contributed by atoms with Crippen molar-refractivity contribution in [1.29, 1.82) is 0 Å². The zero-order valence-corrected chi connectivity index (χ0v) is 17.7. The van der Waals surface area contributed by atoms with E-state index in [9.17, 15) is 9.59 Å². The lowest BCUT2D eigenvalue weighted by Crippen LogP contribution is -2.43. The molecule has 1 unspecified atom stereocenters. The van der Waals surface area contributed by atoms with E-state index in [4.69, 9.17) is 4.74 Å². The Balaban J connectivity index is 2.21. The largest absolute Gasteiger partial charge is 0.444 e. The van der Waals surface area contributed by atoms with Crippen molar-refractivity contribution in [2.45, 2.75) is 65.1 Å². The molecule has 0 bridgehead atoms. The van der Waals surface area contributed by atoms with Gasteiger partial charge in [0, 0.05) is 11.1 Å². The lowest BCUT2D eigenvalue weighted by Gasteiger charge is -2.24. The van der Waals surface area contributed by atoms with E-state index >= 15 is 0 Å². The molecule has 2 aromatic rings. The number of benzene rings is 1. The van der Waals surface area contributed by atoms with E-state index in [2.05, 4.69) is 31.0 Å². The van der Waals surface area contributed by atoms with Crippen LogP contribution < -0.4 is 10.6 Å². The van der Waals surface area contributed by atoms with Gasteiger partial charge in [-0.15, -0.1) is 20.4 Å². The summed E-state index contributed by atoms with van der Waals surface area (Å²) in [6.45, 7) is 10.9. The van der Waals surface area contributed by atoms with Crippen molar-refractivity contribution in [3.63, 3.8) is 0 Å². The molecule has 0 radical (unpaired) electrons. The molecule has 0 aliphatic rings. The number of carbonyl (C=O) groups excluding carboxylic acids is 2. The molecule has 9 nitrogen and oxygen atoms in total. The highest BCUT2D eigenvalue weighted by atomic mass is 16.6. The van der Waals surface area contributed by atoms with Crippen LogP contribution >= 0.6 is 0 Å². The van der Waals surface area contributed by atoms with Crippen molar-refractivity contribution >= 4 is 12.0 Å². The Morgan fingerprint density at radius 2 is 1.55 bits per heavy atom.